The van der Waals surface area contributed by atoms with E-state index in [4.69, 9.17) is 4.42 Å². The van der Waals surface area contributed by atoms with E-state index in [2.05, 4.69) is 31.0 Å². The summed E-state index contributed by atoms with van der Waals surface area (Å²) in [5, 5.41) is 16.9. The van der Waals surface area contributed by atoms with Gasteiger partial charge < -0.3 is 20.4 Å². The Hall–Kier alpha value is -3.27. The fourth-order valence-corrected chi connectivity index (χ4v) is 4.66. The number of benzene rings is 1. The third kappa shape index (κ3) is 5.11. The lowest BCUT2D eigenvalue weighted by Crippen LogP contribution is -2.55. The quantitative estimate of drug-likeness (QED) is 0.621. The van der Waals surface area contributed by atoms with Crippen molar-refractivity contribution in [2.75, 3.05) is 6.54 Å². The van der Waals surface area contributed by atoms with Gasteiger partial charge in [-0.25, -0.2) is 0 Å². The van der Waals surface area contributed by atoms with Gasteiger partial charge in [-0.15, -0.1) is 10.2 Å². The van der Waals surface area contributed by atoms with E-state index in [1.807, 2.05) is 37.3 Å². The van der Waals surface area contributed by atoms with Gasteiger partial charge in [0.2, 0.25) is 29.5 Å². The predicted octanol–water partition coefficient (Wildman–Crippen LogP) is 1.41. The van der Waals surface area contributed by atoms with Crippen LogP contribution in [0.3, 0.4) is 0 Å². The van der Waals surface area contributed by atoms with E-state index >= 15 is 0 Å². The highest BCUT2D eigenvalue weighted by molar-refractivity contribution is 5.93. The minimum Gasteiger partial charge on any atom is -0.421 e. The predicted molar refractivity (Wildman–Crippen MR) is 123 cm³/mol. The lowest BCUT2D eigenvalue weighted by molar-refractivity contribution is -0.133. The molecule has 0 radical (unpaired) electrons. The van der Waals surface area contributed by atoms with Gasteiger partial charge in [-0.2, -0.15) is 0 Å². The molecule has 2 aromatic rings. The van der Waals surface area contributed by atoms with Crippen LogP contribution in [0.15, 0.2) is 34.7 Å². The zero-order chi connectivity index (χ0) is 24.2. The van der Waals surface area contributed by atoms with E-state index in [0.29, 0.717) is 25.2 Å². The maximum absolute atomic E-state index is 13.2. The largest absolute Gasteiger partial charge is 0.421 e. The van der Waals surface area contributed by atoms with Crippen molar-refractivity contribution in [3.8, 4) is 0 Å². The van der Waals surface area contributed by atoms with Crippen molar-refractivity contribution in [2.45, 2.75) is 76.7 Å². The normalized spacial score (nSPS) is 28.8. The molecule has 2 aliphatic rings. The summed E-state index contributed by atoms with van der Waals surface area (Å²) in [4.78, 5) is 41.3. The van der Waals surface area contributed by atoms with Crippen LogP contribution in [0.1, 0.15) is 69.5 Å². The first-order valence-electron chi connectivity index (χ1n) is 11.9. The van der Waals surface area contributed by atoms with Gasteiger partial charge in [0.15, 0.2) is 0 Å². The molecule has 182 valence electrons. The molecule has 1 aromatic heterocycles. The maximum Gasteiger partial charge on any atom is 0.243 e. The monoisotopic (exact) mass is 468 g/mol. The number of fused-ring (bicyclic) bond motifs is 3. The van der Waals surface area contributed by atoms with Crippen molar-refractivity contribution >= 4 is 17.7 Å². The Bertz CT molecular complexity index is 1030. The number of hydrogen-bond donors (Lipinski definition) is 3. The smallest absolute Gasteiger partial charge is 0.243 e. The second-order valence-electron chi connectivity index (χ2n) is 9.01. The van der Waals surface area contributed by atoms with E-state index < -0.39 is 30.1 Å². The number of nitrogens with zero attached hydrogens (tertiary/aromatic N) is 3. The molecule has 10 nitrogen and oxygen atoms in total. The highest BCUT2D eigenvalue weighted by atomic mass is 16.4. The Labute approximate surface area is 198 Å². The third-order valence-corrected chi connectivity index (χ3v) is 6.52. The molecule has 3 amide bonds. The van der Waals surface area contributed by atoms with Gasteiger partial charge in [0.1, 0.15) is 18.1 Å². The summed E-state index contributed by atoms with van der Waals surface area (Å²) in [5.74, 6) is -0.287. The minimum atomic E-state index is -0.837. The summed E-state index contributed by atoms with van der Waals surface area (Å²) >= 11 is 0. The molecule has 0 spiro atoms. The lowest BCUT2D eigenvalue weighted by Gasteiger charge is -2.30. The Morgan fingerprint density at radius 2 is 1.65 bits per heavy atom. The van der Waals surface area contributed by atoms with Crippen molar-refractivity contribution in [1.82, 2.24) is 31.0 Å². The summed E-state index contributed by atoms with van der Waals surface area (Å²) in [6, 6.07) is 6.66. The Kier molecular flexibility index (Phi) is 7.26. The van der Waals surface area contributed by atoms with Crippen molar-refractivity contribution in [2.24, 2.45) is 0 Å². The van der Waals surface area contributed by atoms with E-state index in [0.717, 1.165) is 18.5 Å². The molecule has 4 rings (SSSR count). The molecule has 10 heteroatoms. The van der Waals surface area contributed by atoms with Crippen molar-refractivity contribution in [1.29, 1.82) is 0 Å². The fraction of sp³-hybridized carbons (Fsp3) is 0.542. The second-order valence-corrected chi connectivity index (χ2v) is 9.01. The molecule has 2 aliphatic heterocycles. The molecule has 2 bridgehead atoms. The molecular formula is C24H32N6O4. The summed E-state index contributed by atoms with van der Waals surface area (Å²) in [6.07, 6.45) is 2.53. The van der Waals surface area contributed by atoms with E-state index in [-0.39, 0.29) is 23.7 Å². The molecule has 5 atom stereocenters. The van der Waals surface area contributed by atoms with Crippen LogP contribution in [-0.4, -0.2) is 57.5 Å². The van der Waals surface area contributed by atoms with E-state index in [1.54, 1.807) is 13.8 Å². The van der Waals surface area contributed by atoms with Crippen LogP contribution in [-0.2, 0) is 20.8 Å². The number of nitrogens with one attached hydrogen (secondary N) is 3. The molecule has 34 heavy (non-hydrogen) atoms. The van der Waals surface area contributed by atoms with Crippen molar-refractivity contribution < 1.29 is 18.8 Å². The summed E-state index contributed by atoms with van der Waals surface area (Å²) < 4.78 is 5.97. The molecular weight excluding hydrogens is 436 g/mol. The van der Waals surface area contributed by atoms with Crippen LogP contribution in [0.2, 0.25) is 0 Å². The number of carbonyl (C=O) groups excluding carboxylic acids is 3. The molecule has 3 N–H and O–H groups in total. The lowest BCUT2D eigenvalue weighted by atomic mass is 10.0. The molecule has 2 unspecified atom stereocenters. The second kappa shape index (κ2) is 10.3. The number of aromatic nitrogens is 2. The summed E-state index contributed by atoms with van der Waals surface area (Å²) in [7, 11) is 0. The first kappa shape index (κ1) is 23.9. The maximum atomic E-state index is 13.2. The highest BCUT2D eigenvalue weighted by Crippen LogP contribution is 2.32. The molecule has 0 aliphatic carbocycles. The van der Waals surface area contributed by atoms with Crippen LogP contribution in [0.5, 0.6) is 0 Å². The van der Waals surface area contributed by atoms with Gasteiger partial charge in [0, 0.05) is 6.42 Å². The Balaban J connectivity index is 1.65. The van der Waals surface area contributed by atoms with Crippen molar-refractivity contribution in [3.05, 3.63) is 47.7 Å². The molecule has 1 saturated heterocycles. The number of hydrogen-bond acceptors (Lipinski definition) is 7. The number of carbonyl (C=O) groups is 3. The average molecular weight is 469 g/mol. The molecule has 0 saturated carbocycles. The standard InChI is InChI=1S/C24H32N6O4/c1-4-18-24-29-28-23(34-24)15(3)26-21(32)17(13-16-9-6-5-7-10-16)27-20(31)14(2)25-22(33)19-11-8-12-30(18)19/h5-7,9-10,14-15,17-19H,4,8,11-13H2,1-3H3,(H,25,33)(H,26,32)(H,27,31)/t14-,15-,17?,18?,19-/m0/s1. The highest BCUT2D eigenvalue weighted by Gasteiger charge is 2.39. The van der Waals surface area contributed by atoms with Crippen molar-refractivity contribution in [3.63, 3.8) is 0 Å². The van der Waals surface area contributed by atoms with Gasteiger partial charge in [-0.1, -0.05) is 37.3 Å². The Morgan fingerprint density at radius 1 is 0.941 bits per heavy atom. The van der Waals surface area contributed by atoms with Crippen LogP contribution >= 0.6 is 0 Å². The third-order valence-electron chi connectivity index (χ3n) is 6.52. The Morgan fingerprint density at radius 3 is 2.38 bits per heavy atom. The van der Waals surface area contributed by atoms with Gasteiger partial charge in [0.05, 0.1) is 12.1 Å². The van der Waals surface area contributed by atoms with Crippen LogP contribution < -0.4 is 16.0 Å². The SMILES string of the molecule is CCC1c2nnc(o2)[C@H](C)NC(=O)C(Cc2ccccc2)NC(=O)[C@H](C)NC(=O)[C@@H]2CCCN12. The fourth-order valence-electron chi connectivity index (χ4n) is 4.66. The molecule has 3 heterocycles. The van der Waals surface area contributed by atoms with Gasteiger partial charge in [-0.05, 0) is 45.2 Å². The zero-order valence-corrected chi connectivity index (χ0v) is 19.8. The first-order chi connectivity index (χ1) is 16.4. The van der Waals surface area contributed by atoms with Gasteiger partial charge >= 0.3 is 0 Å². The number of rotatable bonds is 3. The molecule has 1 aromatic carbocycles. The van der Waals surface area contributed by atoms with E-state index in [9.17, 15) is 14.4 Å². The van der Waals surface area contributed by atoms with E-state index in [1.165, 1.54) is 0 Å². The minimum absolute atomic E-state index is 0.217. The van der Waals surface area contributed by atoms with Crippen LogP contribution in [0.25, 0.3) is 0 Å². The van der Waals surface area contributed by atoms with Crippen LogP contribution in [0, 0.1) is 0 Å². The summed E-state index contributed by atoms with van der Waals surface area (Å²) in [5.41, 5.74) is 0.901. The molecule has 1 fully saturated rings. The number of amides is 3. The van der Waals surface area contributed by atoms with Gasteiger partial charge in [-0.3, -0.25) is 19.3 Å². The average Bonchev–Trinajstić information content (AvgIpc) is 3.50. The topological polar surface area (TPSA) is 129 Å². The van der Waals surface area contributed by atoms with Gasteiger partial charge in [0.25, 0.3) is 0 Å². The van der Waals surface area contributed by atoms with Crippen LogP contribution in [0.4, 0.5) is 0 Å². The summed E-state index contributed by atoms with van der Waals surface area (Å²) in [6.45, 7) is 6.12. The zero-order valence-electron chi connectivity index (χ0n) is 19.8. The first-order valence-corrected chi connectivity index (χ1v) is 11.9.